The van der Waals surface area contributed by atoms with E-state index >= 15 is 0 Å². The molecule has 20 heavy (non-hydrogen) atoms. The largest absolute Gasteiger partial charge is 0.497 e. The van der Waals surface area contributed by atoms with Gasteiger partial charge in [0.05, 0.1) is 18.7 Å². The highest BCUT2D eigenvalue weighted by Crippen LogP contribution is 2.29. The van der Waals surface area contributed by atoms with Crippen LogP contribution in [-0.4, -0.2) is 22.6 Å². The molecular weight excluding hydrogens is 318 g/mol. The Hall–Kier alpha value is -1.24. The smallest absolute Gasteiger partial charge is 0.273 e. The zero-order valence-electron chi connectivity index (χ0n) is 11.0. The minimum absolute atomic E-state index is 0.284. The van der Waals surface area contributed by atoms with Crippen LogP contribution in [0.5, 0.6) is 5.75 Å². The molecular formula is C13H14ClNO3S2. The van der Waals surface area contributed by atoms with Crippen molar-refractivity contribution in [3.05, 3.63) is 41.3 Å². The Bertz CT molecular complexity index is 680. The topological polar surface area (TPSA) is 46.6 Å². The second kappa shape index (κ2) is 6.03. The molecule has 0 bridgehead atoms. The molecule has 2 aromatic rings. The van der Waals surface area contributed by atoms with Crippen LogP contribution in [0.1, 0.15) is 4.88 Å². The molecule has 2 rings (SSSR count). The van der Waals surface area contributed by atoms with Gasteiger partial charge in [-0.2, -0.15) is 0 Å². The van der Waals surface area contributed by atoms with Gasteiger partial charge in [-0.15, -0.1) is 22.9 Å². The van der Waals surface area contributed by atoms with Gasteiger partial charge in [0.2, 0.25) is 0 Å². The first kappa shape index (κ1) is 15.2. The number of hydrogen-bond donors (Lipinski definition) is 0. The molecule has 0 atom stereocenters. The van der Waals surface area contributed by atoms with Crippen molar-refractivity contribution >= 4 is 38.6 Å². The summed E-state index contributed by atoms with van der Waals surface area (Å²) in [5.74, 6) is 0.993. The summed E-state index contributed by atoms with van der Waals surface area (Å²) < 4.78 is 31.5. The Morgan fingerprint density at radius 3 is 2.35 bits per heavy atom. The van der Waals surface area contributed by atoms with Crippen molar-refractivity contribution in [2.75, 3.05) is 18.5 Å². The highest BCUT2D eigenvalue weighted by Gasteiger charge is 2.23. The molecule has 0 aliphatic carbocycles. The van der Waals surface area contributed by atoms with Crippen LogP contribution in [0, 0.1) is 0 Å². The number of hydrogen-bond acceptors (Lipinski definition) is 4. The molecule has 0 amide bonds. The average Bonchev–Trinajstić information content (AvgIpc) is 2.96. The molecule has 0 aliphatic heterocycles. The molecule has 0 radical (unpaired) electrons. The SMILES string of the molecule is COc1ccc(N(C)S(=O)(=O)c2ccc(CCl)s2)cc1. The minimum Gasteiger partial charge on any atom is -0.497 e. The molecule has 1 aromatic carbocycles. The lowest BCUT2D eigenvalue weighted by Gasteiger charge is -2.18. The van der Waals surface area contributed by atoms with Gasteiger partial charge in [-0.3, -0.25) is 4.31 Å². The Kier molecular flexibility index (Phi) is 4.57. The molecule has 0 spiro atoms. The number of ether oxygens (including phenoxy) is 1. The van der Waals surface area contributed by atoms with Gasteiger partial charge in [0.1, 0.15) is 9.96 Å². The van der Waals surface area contributed by atoms with E-state index in [2.05, 4.69) is 0 Å². The van der Waals surface area contributed by atoms with E-state index in [1.165, 1.54) is 22.7 Å². The fourth-order valence-electron chi connectivity index (χ4n) is 1.63. The van der Waals surface area contributed by atoms with Crippen LogP contribution in [0.15, 0.2) is 40.6 Å². The van der Waals surface area contributed by atoms with Gasteiger partial charge in [-0.1, -0.05) is 0 Å². The first-order chi connectivity index (χ1) is 9.48. The quantitative estimate of drug-likeness (QED) is 0.790. The number of rotatable bonds is 5. The van der Waals surface area contributed by atoms with Gasteiger partial charge in [0.15, 0.2) is 0 Å². The van der Waals surface area contributed by atoms with Gasteiger partial charge >= 0.3 is 0 Å². The molecule has 4 nitrogen and oxygen atoms in total. The predicted molar refractivity (Wildman–Crippen MR) is 82.5 cm³/mol. The zero-order chi connectivity index (χ0) is 14.8. The van der Waals surface area contributed by atoms with Crippen molar-refractivity contribution in [2.45, 2.75) is 10.1 Å². The molecule has 0 unspecified atom stereocenters. The molecule has 0 aliphatic rings. The van der Waals surface area contributed by atoms with Crippen molar-refractivity contribution < 1.29 is 13.2 Å². The summed E-state index contributed by atoms with van der Waals surface area (Å²) in [6.07, 6.45) is 0. The van der Waals surface area contributed by atoms with E-state index in [0.717, 1.165) is 4.88 Å². The Balaban J connectivity index is 2.32. The van der Waals surface area contributed by atoms with Gasteiger partial charge in [0.25, 0.3) is 10.0 Å². The summed E-state index contributed by atoms with van der Waals surface area (Å²) in [6, 6.07) is 10.2. The van der Waals surface area contributed by atoms with Crippen LogP contribution >= 0.6 is 22.9 Å². The summed E-state index contributed by atoms with van der Waals surface area (Å²) in [4.78, 5) is 0.827. The lowest BCUT2D eigenvalue weighted by molar-refractivity contribution is 0.415. The van der Waals surface area contributed by atoms with Gasteiger partial charge in [-0.25, -0.2) is 8.42 Å². The van der Waals surface area contributed by atoms with Crippen molar-refractivity contribution in [3.63, 3.8) is 0 Å². The number of benzene rings is 1. The highest BCUT2D eigenvalue weighted by atomic mass is 35.5. The van der Waals surface area contributed by atoms with E-state index in [-0.39, 0.29) is 4.21 Å². The Labute approximate surface area is 127 Å². The highest BCUT2D eigenvalue weighted by molar-refractivity contribution is 7.94. The molecule has 0 saturated heterocycles. The first-order valence-corrected chi connectivity index (χ1v) is 8.56. The maximum absolute atomic E-state index is 12.5. The van der Waals surface area contributed by atoms with E-state index in [4.69, 9.17) is 16.3 Å². The molecule has 1 heterocycles. The summed E-state index contributed by atoms with van der Waals surface area (Å²) in [7, 11) is -0.459. The molecule has 0 N–H and O–H groups in total. The summed E-state index contributed by atoms with van der Waals surface area (Å²) in [6.45, 7) is 0. The van der Waals surface area contributed by atoms with Crippen molar-refractivity contribution in [3.8, 4) is 5.75 Å². The predicted octanol–water partition coefficient (Wildman–Crippen LogP) is 3.32. The molecule has 108 valence electrons. The maximum atomic E-state index is 12.5. The number of sulfonamides is 1. The minimum atomic E-state index is -3.55. The number of alkyl halides is 1. The monoisotopic (exact) mass is 331 g/mol. The molecule has 0 fully saturated rings. The number of methoxy groups -OCH3 is 1. The zero-order valence-corrected chi connectivity index (χ0v) is 13.4. The second-order valence-corrected chi connectivity index (χ2v) is 7.66. The second-order valence-electron chi connectivity index (χ2n) is 4.02. The van der Waals surface area contributed by atoms with E-state index in [0.29, 0.717) is 17.3 Å². The van der Waals surface area contributed by atoms with Gasteiger partial charge < -0.3 is 4.74 Å². The Morgan fingerprint density at radius 1 is 1.20 bits per heavy atom. The standard InChI is InChI=1S/C13H14ClNO3S2/c1-15(10-3-5-11(18-2)6-4-10)20(16,17)13-8-7-12(9-14)19-13/h3-8H,9H2,1-2H3. The van der Waals surface area contributed by atoms with Crippen molar-refractivity contribution in [1.82, 2.24) is 0 Å². The van der Waals surface area contributed by atoms with Crippen molar-refractivity contribution in [2.24, 2.45) is 0 Å². The third kappa shape index (κ3) is 2.92. The normalized spacial score (nSPS) is 11.3. The number of nitrogens with zero attached hydrogens (tertiary/aromatic N) is 1. The van der Waals surface area contributed by atoms with Crippen LogP contribution in [0.2, 0.25) is 0 Å². The van der Waals surface area contributed by atoms with Crippen molar-refractivity contribution in [1.29, 1.82) is 0 Å². The van der Waals surface area contributed by atoms with Crippen LogP contribution in [-0.2, 0) is 15.9 Å². The summed E-state index contributed by atoms with van der Waals surface area (Å²) in [5, 5.41) is 0. The number of anilines is 1. The maximum Gasteiger partial charge on any atom is 0.273 e. The Morgan fingerprint density at radius 2 is 1.85 bits per heavy atom. The van der Waals surface area contributed by atoms with E-state index in [1.54, 1.807) is 43.5 Å². The van der Waals surface area contributed by atoms with Crippen LogP contribution in [0.25, 0.3) is 0 Å². The first-order valence-electron chi connectivity index (χ1n) is 5.76. The molecule has 1 aromatic heterocycles. The van der Waals surface area contributed by atoms with Crippen LogP contribution in [0.4, 0.5) is 5.69 Å². The third-order valence-corrected chi connectivity index (χ3v) is 6.60. The van der Waals surface area contributed by atoms with E-state index in [9.17, 15) is 8.42 Å². The number of halogens is 1. The summed E-state index contributed by atoms with van der Waals surface area (Å²) in [5.41, 5.74) is 0.576. The third-order valence-electron chi connectivity index (χ3n) is 2.82. The molecule has 0 saturated carbocycles. The average molecular weight is 332 g/mol. The van der Waals surface area contributed by atoms with E-state index in [1.807, 2.05) is 0 Å². The number of thiophene rings is 1. The van der Waals surface area contributed by atoms with Gasteiger partial charge in [0, 0.05) is 11.9 Å². The van der Waals surface area contributed by atoms with E-state index < -0.39 is 10.0 Å². The van der Waals surface area contributed by atoms with Crippen LogP contribution < -0.4 is 9.04 Å². The fraction of sp³-hybridized carbons (Fsp3) is 0.231. The lowest BCUT2D eigenvalue weighted by Crippen LogP contribution is -2.25. The lowest BCUT2D eigenvalue weighted by atomic mass is 10.3. The molecule has 7 heteroatoms. The summed E-state index contributed by atoms with van der Waals surface area (Å²) >= 11 is 6.89. The van der Waals surface area contributed by atoms with Gasteiger partial charge in [-0.05, 0) is 36.4 Å². The fourth-order valence-corrected chi connectivity index (χ4v) is 4.46. The van der Waals surface area contributed by atoms with Crippen LogP contribution in [0.3, 0.4) is 0 Å².